The van der Waals surface area contributed by atoms with Crippen LogP contribution in [0.25, 0.3) is 22.0 Å². The van der Waals surface area contributed by atoms with Gasteiger partial charge in [-0.15, -0.1) is 0 Å². The molecular weight excluding hydrogens is 557 g/mol. The number of rotatable bonds is 7. The standard InChI is InChI=1S/C29H28FN9O4/c1-16-9-25(40)39(35-16)21-4-2-3-20(12-21)34-29(43)24-11-19(30)14-37(24)26(41)15-38-23-6-5-17(18-7-8-32-33-13-18)10-22(23)27(36-38)28(31)42/h2-10,12-13,19,24-25,35,40H,11,14-15H2,1H3,(H2,31,42)(H,34,43). The van der Waals surface area contributed by atoms with E-state index in [-0.39, 0.29) is 25.2 Å². The van der Waals surface area contributed by atoms with Crippen LogP contribution in [0.5, 0.6) is 0 Å². The number of aliphatic hydroxyl groups is 1. The number of hydrogen-bond donors (Lipinski definition) is 4. The zero-order valence-electron chi connectivity index (χ0n) is 23.0. The number of fused-ring (bicyclic) bond motifs is 1. The summed E-state index contributed by atoms with van der Waals surface area (Å²) < 4.78 is 16.0. The number of nitrogens with two attached hydrogens (primary N) is 1. The average molecular weight is 586 g/mol. The van der Waals surface area contributed by atoms with Crippen molar-refractivity contribution < 1.29 is 23.9 Å². The summed E-state index contributed by atoms with van der Waals surface area (Å²) in [4.78, 5) is 40.2. The first-order chi connectivity index (χ1) is 20.7. The molecule has 0 radical (unpaired) electrons. The Morgan fingerprint density at radius 1 is 1.14 bits per heavy atom. The van der Waals surface area contributed by atoms with Gasteiger partial charge in [0, 0.05) is 28.8 Å². The second-order valence-electron chi connectivity index (χ2n) is 10.4. The van der Waals surface area contributed by atoms with Crippen molar-refractivity contribution in [1.82, 2.24) is 30.3 Å². The van der Waals surface area contributed by atoms with Crippen molar-refractivity contribution >= 4 is 40.0 Å². The highest BCUT2D eigenvalue weighted by Crippen LogP contribution is 2.28. The van der Waals surface area contributed by atoms with Crippen LogP contribution in [0.1, 0.15) is 23.8 Å². The number of anilines is 2. The van der Waals surface area contributed by atoms with Crippen molar-refractivity contribution in [2.24, 2.45) is 5.73 Å². The van der Waals surface area contributed by atoms with E-state index in [1.165, 1.54) is 14.6 Å². The van der Waals surface area contributed by atoms with Crippen LogP contribution in [0.2, 0.25) is 0 Å². The van der Waals surface area contributed by atoms with Crippen molar-refractivity contribution in [3.63, 3.8) is 0 Å². The van der Waals surface area contributed by atoms with Gasteiger partial charge in [0.2, 0.25) is 11.8 Å². The minimum Gasteiger partial charge on any atom is -0.368 e. The third-order valence-electron chi connectivity index (χ3n) is 7.41. The molecule has 0 aliphatic carbocycles. The fourth-order valence-corrected chi connectivity index (χ4v) is 5.42. The number of allylic oxidation sites excluding steroid dienone is 1. The quantitative estimate of drug-likeness (QED) is 0.252. The van der Waals surface area contributed by atoms with Gasteiger partial charge in [-0.25, -0.2) is 4.39 Å². The van der Waals surface area contributed by atoms with Gasteiger partial charge in [0.15, 0.2) is 11.9 Å². The predicted molar refractivity (Wildman–Crippen MR) is 155 cm³/mol. The van der Waals surface area contributed by atoms with Gasteiger partial charge in [-0.3, -0.25) is 24.1 Å². The minimum atomic E-state index is -1.39. The first kappa shape index (κ1) is 27.8. The van der Waals surface area contributed by atoms with Crippen molar-refractivity contribution in [1.29, 1.82) is 0 Å². The fourth-order valence-electron chi connectivity index (χ4n) is 5.42. The molecule has 14 heteroatoms. The number of nitrogens with one attached hydrogen (secondary N) is 2. The Morgan fingerprint density at radius 3 is 2.70 bits per heavy atom. The summed E-state index contributed by atoms with van der Waals surface area (Å²) in [6.45, 7) is 1.22. The van der Waals surface area contributed by atoms with E-state index >= 15 is 0 Å². The maximum Gasteiger partial charge on any atom is 0.269 e. The topological polar surface area (TPSA) is 172 Å². The van der Waals surface area contributed by atoms with E-state index < -0.39 is 36.2 Å². The molecule has 43 heavy (non-hydrogen) atoms. The molecule has 0 saturated carbocycles. The smallest absolute Gasteiger partial charge is 0.269 e. The predicted octanol–water partition coefficient (Wildman–Crippen LogP) is 1.72. The van der Waals surface area contributed by atoms with Gasteiger partial charge in [0.25, 0.3) is 5.91 Å². The van der Waals surface area contributed by atoms with Crippen LogP contribution in [0, 0.1) is 0 Å². The molecule has 5 N–H and O–H groups in total. The number of likely N-dealkylation sites (tertiary alicyclic amines) is 1. The number of alkyl halides is 1. The summed E-state index contributed by atoms with van der Waals surface area (Å²) >= 11 is 0. The zero-order valence-corrected chi connectivity index (χ0v) is 23.0. The Balaban J connectivity index is 1.21. The number of hydrogen-bond acceptors (Lipinski definition) is 9. The van der Waals surface area contributed by atoms with Crippen LogP contribution in [-0.4, -0.2) is 72.7 Å². The van der Waals surface area contributed by atoms with Crippen LogP contribution in [0.4, 0.5) is 15.8 Å². The molecule has 2 aromatic heterocycles. The van der Waals surface area contributed by atoms with Crippen LogP contribution in [-0.2, 0) is 16.1 Å². The molecule has 0 spiro atoms. The molecule has 3 amide bonds. The molecule has 3 atom stereocenters. The molecule has 0 bridgehead atoms. The Bertz CT molecular complexity index is 1760. The number of benzene rings is 2. The number of primary amides is 1. The van der Waals surface area contributed by atoms with E-state index in [2.05, 4.69) is 26.0 Å². The van der Waals surface area contributed by atoms with Crippen molar-refractivity contribution in [3.8, 4) is 11.1 Å². The molecular formula is C29H28FN9O4. The van der Waals surface area contributed by atoms with E-state index in [1.54, 1.807) is 67.0 Å². The minimum absolute atomic E-state index is 0.0198. The van der Waals surface area contributed by atoms with Crippen molar-refractivity contribution in [2.75, 3.05) is 16.9 Å². The molecule has 2 aliphatic rings. The van der Waals surface area contributed by atoms with E-state index in [1.807, 2.05) is 6.92 Å². The molecule has 1 fully saturated rings. The molecule has 2 aromatic carbocycles. The lowest BCUT2D eigenvalue weighted by molar-refractivity contribution is -0.137. The first-order valence-corrected chi connectivity index (χ1v) is 13.5. The number of aliphatic hydroxyl groups excluding tert-OH is 1. The summed E-state index contributed by atoms with van der Waals surface area (Å²) in [5.74, 6) is -1.86. The summed E-state index contributed by atoms with van der Waals surface area (Å²) in [5, 5.41) is 26.9. The van der Waals surface area contributed by atoms with Gasteiger partial charge in [-0.1, -0.05) is 12.1 Å². The molecule has 220 valence electrons. The first-order valence-electron chi connectivity index (χ1n) is 13.5. The lowest BCUT2D eigenvalue weighted by Gasteiger charge is -2.25. The third kappa shape index (κ3) is 5.47. The number of aromatic nitrogens is 4. The Labute approximate surface area is 244 Å². The molecule has 4 heterocycles. The highest BCUT2D eigenvalue weighted by molar-refractivity contribution is 6.05. The second-order valence-corrected chi connectivity index (χ2v) is 10.4. The lowest BCUT2D eigenvalue weighted by Crippen LogP contribution is -2.44. The summed E-state index contributed by atoms with van der Waals surface area (Å²) in [5.41, 5.74) is 12.4. The lowest BCUT2D eigenvalue weighted by atomic mass is 10.0. The fraction of sp³-hybridized carbons (Fsp3) is 0.241. The van der Waals surface area contributed by atoms with Gasteiger partial charge >= 0.3 is 0 Å². The monoisotopic (exact) mass is 585 g/mol. The Hall–Kier alpha value is -5.37. The average Bonchev–Trinajstić information content (AvgIpc) is 3.67. The van der Waals surface area contributed by atoms with Crippen LogP contribution >= 0.6 is 0 Å². The largest absolute Gasteiger partial charge is 0.368 e. The molecule has 3 unspecified atom stereocenters. The van der Waals surface area contributed by atoms with Gasteiger partial charge in [0.1, 0.15) is 18.8 Å². The van der Waals surface area contributed by atoms with Gasteiger partial charge in [0.05, 0.1) is 30.1 Å². The van der Waals surface area contributed by atoms with E-state index in [0.717, 1.165) is 16.8 Å². The van der Waals surface area contributed by atoms with E-state index in [4.69, 9.17) is 5.73 Å². The molecule has 1 saturated heterocycles. The van der Waals surface area contributed by atoms with Crippen molar-refractivity contribution in [3.05, 3.63) is 78.4 Å². The normalized spacial score (nSPS) is 19.8. The zero-order chi connectivity index (χ0) is 30.2. The van der Waals surface area contributed by atoms with Gasteiger partial charge in [-0.2, -0.15) is 15.3 Å². The summed E-state index contributed by atoms with van der Waals surface area (Å²) in [6, 6.07) is 12.7. The number of nitrogens with zero attached hydrogens (tertiary/aromatic N) is 6. The highest BCUT2D eigenvalue weighted by atomic mass is 19.1. The van der Waals surface area contributed by atoms with E-state index in [0.29, 0.717) is 22.3 Å². The molecule has 13 nitrogen and oxygen atoms in total. The Morgan fingerprint density at radius 2 is 1.98 bits per heavy atom. The van der Waals surface area contributed by atoms with Gasteiger partial charge < -0.3 is 26.5 Å². The number of hydrazine groups is 1. The summed E-state index contributed by atoms with van der Waals surface area (Å²) in [7, 11) is 0. The SMILES string of the molecule is CC1=CC(O)N(c2cccc(NC(=O)C3CC(F)CN3C(=O)Cn3nc(C(N)=O)c4cc(-c5ccnnc5)ccc43)c2)N1. The van der Waals surface area contributed by atoms with Crippen LogP contribution in [0.15, 0.2) is 72.7 Å². The Kier molecular flexibility index (Phi) is 7.19. The molecule has 4 aromatic rings. The number of carbonyl (C=O) groups is 3. The maximum absolute atomic E-state index is 14.6. The molecule has 6 rings (SSSR count). The highest BCUT2D eigenvalue weighted by Gasteiger charge is 2.40. The summed E-state index contributed by atoms with van der Waals surface area (Å²) in [6.07, 6.45) is 2.32. The van der Waals surface area contributed by atoms with E-state index in [9.17, 15) is 23.9 Å². The number of carbonyl (C=O) groups excluding carboxylic acids is 3. The van der Waals surface area contributed by atoms with Gasteiger partial charge in [-0.05, 0) is 55.0 Å². The second kappa shape index (κ2) is 11.1. The third-order valence-corrected chi connectivity index (χ3v) is 7.41. The van der Waals surface area contributed by atoms with Crippen molar-refractivity contribution in [2.45, 2.75) is 38.3 Å². The number of halogens is 1. The maximum atomic E-state index is 14.6. The molecule has 2 aliphatic heterocycles. The van der Waals surface area contributed by atoms with Crippen LogP contribution in [0.3, 0.4) is 0 Å². The van der Waals surface area contributed by atoms with Crippen LogP contribution < -0.4 is 21.5 Å². The number of amides is 3.